The molecule has 0 radical (unpaired) electrons. The van der Waals surface area contributed by atoms with E-state index in [1.54, 1.807) is 0 Å². The third-order valence-electron chi connectivity index (χ3n) is 5.43. The minimum Gasteiger partial charge on any atom is -0.369 e. The number of carbonyl (C=O) groups excluding carboxylic acids is 2. The van der Waals surface area contributed by atoms with Gasteiger partial charge in [0.05, 0.1) is 11.4 Å². The molecule has 3 rings (SSSR count). The van der Waals surface area contributed by atoms with Crippen LogP contribution in [0.25, 0.3) is 6.08 Å². The molecule has 4 nitrogen and oxygen atoms in total. The highest BCUT2D eigenvalue weighted by Crippen LogP contribution is 2.44. The van der Waals surface area contributed by atoms with Crippen molar-refractivity contribution in [2.24, 2.45) is 0 Å². The second kappa shape index (κ2) is 6.51. The largest absolute Gasteiger partial charge is 0.369 e. The average Bonchev–Trinajstić information content (AvgIpc) is 2.82. The maximum atomic E-state index is 12.4. The molecule has 2 heterocycles. The lowest BCUT2D eigenvalue weighted by molar-refractivity contribution is -0.122. The number of amides is 2. The molecular formula is C21H24N2O2S. The molecule has 26 heavy (non-hydrogen) atoms. The van der Waals surface area contributed by atoms with Crippen molar-refractivity contribution in [2.45, 2.75) is 45.6 Å². The van der Waals surface area contributed by atoms with Crippen LogP contribution in [0, 0.1) is 19.3 Å². The van der Waals surface area contributed by atoms with Gasteiger partial charge in [-0.3, -0.25) is 14.5 Å². The van der Waals surface area contributed by atoms with Crippen molar-refractivity contribution in [3.8, 4) is 12.3 Å². The molecule has 1 aromatic carbocycles. The van der Waals surface area contributed by atoms with Gasteiger partial charge < -0.3 is 4.90 Å². The third kappa shape index (κ3) is 3.03. The maximum Gasteiger partial charge on any atom is 0.294 e. The predicted molar refractivity (Wildman–Crippen MR) is 108 cm³/mol. The first-order chi connectivity index (χ1) is 12.2. The number of hydrogen-bond acceptors (Lipinski definition) is 4. The van der Waals surface area contributed by atoms with Gasteiger partial charge in [0.25, 0.3) is 11.1 Å². The molecule has 0 aliphatic carbocycles. The molecule has 0 aromatic heterocycles. The number of rotatable bonds is 2. The minimum atomic E-state index is -0.304. The number of thioether (sulfide) groups is 1. The SMILES string of the molecule is C#CCN1C(=O)S/C(=C\c2cc3c(cc2C)N(C)C(C)(C)C[C@H]3C)C1=O. The number of fused-ring (bicyclic) bond motifs is 1. The number of benzene rings is 1. The molecule has 2 aliphatic heterocycles. The Kier molecular flexibility index (Phi) is 4.66. The van der Waals surface area contributed by atoms with E-state index < -0.39 is 0 Å². The van der Waals surface area contributed by atoms with Crippen LogP contribution >= 0.6 is 11.8 Å². The summed E-state index contributed by atoms with van der Waals surface area (Å²) < 4.78 is 0. The van der Waals surface area contributed by atoms with Gasteiger partial charge in [-0.1, -0.05) is 12.8 Å². The van der Waals surface area contributed by atoms with E-state index >= 15 is 0 Å². The zero-order chi connectivity index (χ0) is 19.2. The van der Waals surface area contributed by atoms with Crippen LogP contribution in [0.2, 0.25) is 0 Å². The number of anilines is 1. The van der Waals surface area contributed by atoms with Crippen LogP contribution < -0.4 is 4.90 Å². The van der Waals surface area contributed by atoms with Crippen molar-refractivity contribution in [1.82, 2.24) is 4.90 Å². The van der Waals surface area contributed by atoms with E-state index in [0.717, 1.165) is 34.2 Å². The average molecular weight is 369 g/mol. The predicted octanol–water partition coefficient (Wildman–Crippen LogP) is 4.39. The topological polar surface area (TPSA) is 40.6 Å². The number of nitrogens with zero attached hydrogens (tertiary/aromatic N) is 2. The van der Waals surface area contributed by atoms with E-state index in [1.165, 1.54) is 11.3 Å². The molecule has 1 fully saturated rings. The van der Waals surface area contributed by atoms with Crippen LogP contribution in [0.4, 0.5) is 10.5 Å². The monoisotopic (exact) mass is 368 g/mol. The van der Waals surface area contributed by atoms with E-state index in [1.807, 2.05) is 13.0 Å². The highest BCUT2D eigenvalue weighted by Gasteiger charge is 2.36. The first-order valence-corrected chi connectivity index (χ1v) is 9.54. The van der Waals surface area contributed by atoms with Gasteiger partial charge in [-0.2, -0.15) is 0 Å². The van der Waals surface area contributed by atoms with Crippen LogP contribution in [0.15, 0.2) is 17.0 Å². The summed E-state index contributed by atoms with van der Waals surface area (Å²) in [4.78, 5) is 28.3. The fourth-order valence-corrected chi connectivity index (χ4v) is 4.59. The molecule has 2 aliphatic rings. The second-order valence-electron chi connectivity index (χ2n) is 7.72. The van der Waals surface area contributed by atoms with Crippen molar-refractivity contribution >= 4 is 34.7 Å². The lowest BCUT2D eigenvalue weighted by atomic mass is 9.79. The van der Waals surface area contributed by atoms with Crippen molar-refractivity contribution in [3.05, 3.63) is 33.7 Å². The van der Waals surface area contributed by atoms with Crippen molar-refractivity contribution < 1.29 is 9.59 Å². The maximum absolute atomic E-state index is 12.4. The molecule has 0 spiro atoms. The van der Waals surface area contributed by atoms with Crippen molar-refractivity contribution in [3.63, 3.8) is 0 Å². The Morgan fingerprint density at radius 2 is 2.08 bits per heavy atom. The summed E-state index contributed by atoms with van der Waals surface area (Å²) in [5.74, 6) is 2.49. The zero-order valence-corrected chi connectivity index (χ0v) is 16.7. The Morgan fingerprint density at radius 3 is 2.73 bits per heavy atom. The molecule has 1 saturated heterocycles. The summed E-state index contributed by atoms with van der Waals surface area (Å²) >= 11 is 0.956. The van der Waals surface area contributed by atoms with E-state index in [9.17, 15) is 9.59 Å². The molecule has 136 valence electrons. The first-order valence-electron chi connectivity index (χ1n) is 8.73. The summed E-state index contributed by atoms with van der Waals surface area (Å²) in [5, 5.41) is -0.301. The van der Waals surface area contributed by atoms with Gasteiger partial charge in [-0.25, -0.2) is 0 Å². The molecule has 1 atom stereocenters. The second-order valence-corrected chi connectivity index (χ2v) is 8.71. The molecule has 1 aromatic rings. The van der Waals surface area contributed by atoms with Crippen LogP contribution in [-0.4, -0.2) is 35.2 Å². The first kappa shape index (κ1) is 18.6. The van der Waals surface area contributed by atoms with Crippen LogP contribution in [0.3, 0.4) is 0 Å². The van der Waals surface area contributed by atoms with Gasteiger partial charge in [0.2, 0.25) is 0 Å². The van der Waals surface area contributed by atoms with Crippen LogP contribution in [-0.2, 0) is 4.79 Å². The quantitative estimate of drug-likeness (QED) is 0.573. The Morgan fingerprint density at radius 1 is 1.38 bits per heavy atom. The Labute approximate surface area is 159 Å². The minimum absolute atomic E-state index is 0.0160. The number of aryl methyl sites for hydroxylation is 1. The van der Waals surface area contributed by atoms with E-state index in [2.05, 4.69) is 50.8 Å². The van der Waals surface area contributed by atoms with E-state index in [0.29, 0.717) is 10.8 Å². The lowest BCUT2D eigenvalue weighted by Crippen LogP contribution is -2.45. The molecular weight excluding hydrogens is 344 g/mol. The number of carbonyl (C=O) groups is 2. The number of hydrogen-bond donors (Lipinski definition) is 0. The summed E-state index contributed by atoms with van der Waals surface area (Å²) in [6.07, 6.45) is 8.14. The fourth-order valence-electron chi connectivity index (χ4n) is 3.76. The van der Waals surface area contributed by atoms with Gasteiger partial charge in [0.1, 0.15) is 0 Å². The van der Waals surface area contributed by atoms with Gasteiger partial charge >= 0.3 is 0 Å². The number of terminal acetylenes is 1. The van der Waals surface area contributed by atoms with Crippen LogP contribution in [0.1, 0.15) is 49.8 Å². The van der Waals surface area contributed by atoms with E-state index in [-0.39, 0.29) is 23.2 Å². The Balaban J connectivity index is 2.02. The molecule has 2 amide bonds. The molecule has 0 saturated carbocycles. The van der Waals surface area contributed by atoms with Crippen molar-refractivity contribution in [2.75, 3.05) is 18.5 Å². The van der Waals surface area contributed by atoms with Crippen molar-refractivity contribution in [1.29, 1.82) is 0 Å². The molecule has 5 heteroatoms. The number of imide groups is 1. The molecule has 0 unspecified atom stereocenters. The summed E-state index contributed by atoms with van der Waals surface area (Å²) in [6.45, 7) is 8.82. The highest BCUT2D eigenvalue weighted by molar-refractivity contribution is 8.18. The summed E-state index contributed by atoms with van der Waals surface area (Å²) in [6, 6.07) is 4.35. The van der Waals surface area contributed by atoms with Gasteiger partial charge in [0, 0.05) is 18.3 Å². The molecule has 0 N–H and O–H groups in total. The third-order valence-corrected chi connectivity index (χ3v) is 6.34. The lowest BCUT2D eigenvalue weighted by Gasteiger charge is -2.45. The fraction of sp³-hybridized carbons (Fsp3) is 0.429. The summed E-state index contributed by atoms with van der Waals surface area (Å²) in [5.41, 5.74) is 4.70. The standard InChI is InChI=1S/C21H24N2O2S/c1-7-8-23-19(24)18(26-20(23)25)11-15-10-16-14(3)12-21(4,5)22(6)17(16)9-13(15)2/h1,9-11,14H,8,12H2,2-6H3/b18-11-/t14-/m1/s1. The van der Waals surface area contributed by atoms with Gasteiger partial charge in [0.15, 0.2) is 0 Å². The Bertz CT molecular complexity index is 863. The van der Waals surface area contributed by atoms with Gasteiger partial charge in [-0.05, 0) is 79.8 Å². The van der Waals surface area contributed by atoms with Gasteiger partial charge in [-0.15, -0.1) is 6.42 Å². The Hall–Kier alpha value is -2.19. The zero-order valence-electron chi connectivity index (χ0n) is 15.9. The summed E-state index contributed by atoms with van der Waals surface area (Å²) in [7, 11) is 2.13. The normalized spacial score (nSPS) is 23.4. The smallest absolute Gasteiger partial charge is 0.294 e. The van der Waals surface area contributed by atoms with Crippen LogP contribution in [0.5, 0.6) is 0 Å². The molecule has 0 bridgehead atoms. The highest BCUT2D eigenvalue weighted by atomic mass is 32.2. The van der Waals surface area contributed by atoms with E-state index in [4.69, 9.17) is 6.42 Å².